The molecule has 2 rings (SSSR count). The number of carbonyl (C=O) groups excluding carboxylic acids is 1. The molecule has 1 heterocycles. The summed E-state index contributed by atoms with van der Waals surface area (Å²) >= 11 is 5.97. The second-order valence-electron chi connectivity index (χ2n) is 5.26. The minimum absolute atomic E-state index is 0.0366. The Hall–Kier alpha value is -1.10. The van der Waals surface area contributed by atoms with E-state index >= 15 is 0 Å². The van der Waals surface area contributed by atoms with E-state index < -0.39 is 0 Å². The average molecular weight is 312 g/mol. The van der Waals surface area contributed by atoms with E-state index in [2.05, 4.69) is 5.32 Å². The molecule has 0 aromatic heterocycles. The van der Waals surface area contributed by atoms with Crippen LogP contribution in [0.3, 0.4) is 0 Å². The van der Waals surface area contributed by atoms with Crippen LogP contribution in [-0.4, -0.2) is 32.3 Å². The monoisotopic (exact) mass is 311 g/mol. The van der Waals surface area contributed by atoms with E-state index in [1.165, 1.54) is 0 Å². The zero-order chi connectivity index (χ0) is 15.1. The molecular weight excluding hydrogens is 290 g/mol. The molecule has 1 aromatic rings. The van der Waals surface area contributed by atoms with Crippen molar-refractivity contribution in [2.45, 2.75) is 37.9 Å². The number of benzene rings is 1. The summed E-state index contributed by atoms with van der Waals surface area (Å²) in [6.45, 7) is 1.27. The largest absolute Gasteiger partial charge is 0.378 e. The van der Waals surface area contributed by atoms with Crippen LogP contribution in [0.2, 0.25) is 5.02 Å². The summed E-state index contributed by atoms with van der Waals surface area (Å²) in [6.07, 6.45) is 3.53. The first-order chi connectivity index (χ1) is 10.2. The summed E-state index contributed by atoms with van der Waals surface area (Å²) in [7, 11) is 1.63. The van der Waals surface area contributed by atoms with E-state index in [9.17, 15) is 4.79 Å². The van der Waals surface area contributed by atoms with Crippen LogP contribution >= 0.6 is 11.6 Å². The van der Waals surface area contributed by atoms with Gasteiger partial charge in [-0.15, -0.1) is 0 Å². The Balaban J connectivity index is 1.75. The van der Waals surface area contributed by atoms with Gasteiger partial charge in [0, 0.05) is 31.7 Å². The van der Waals surface area contributed by atoms with Gasteiger partial charge in [0.25, 0.3) is 0 Å². The topological polar surface area (TPSA) is 47.6 Å². The molecule has 116 valence electrons. The summed E-state index contributed by atoms with van der Waals surface area (Å²) in [5.41, 5.74) is 0.962. The van der Waals surface area contributed by atoms with Gasteiger partial charge in [0.15, 0.2) is 0 Å². The smallest absolute Gasteiger partial charge is 0.220 e. The molecule has 1 amide bonds. The van der Waals surface area contributed by atoms with E-state index in [0.29, 0.717) is 18.0 Å². The molecule has 0 saturated carbocycles. The molecule has 21 heavy (non-hydrogen) atoms. The second-order valence-corrected chi connectivity index (χ2v) is 5.69. The van der Waals surface area contributed by atoms with Gasteiger partial charge in [-0.2, -0.15) is 0 Å². The third kappa shape index (κ3) is 5.30. The van der Waals surface area contributed by atoms with Gasteiger partial charge in [0.05, 0.1) is 12.2 Å². The molecule has 1 aliphatic rings. The maximum Gasteiger partial charge on any atom is 0.220 e. The lowest BCUT2D eigenvalue weighted by Gasteiger charge is -2.17. The predicted octanol–water partition coefficient (Wildman–Crippen LogP) is 3.10. The molecular formula is C16H22ClNO3. The van der Waals surface area contributed by atoms with Gasteiger partial charge < -0.3 is 14.8 Å². The Morgan fingerprint density at radius 2 is 2.43 bits per heavy atom. The number of carbonyl (C=O) groups is 1. The highest BCUT2D eigenvalue weighted by Gasteiger charge is 2.17. The van der Waals surface area contributed by atoms with Crippen molar-refractivity contribution in [1.29, 1.82) is 0 Å². The van der Waals surface area contributed by atoms with E-state index in [-0.39, 0.29) is 18.1 Å². The Kier molecular flexibility index (Phi) is 6.49. The van der Waals surface area contributed by atoms with Gasteiger partial charge in [-0.3, -0.25) is 4.79 Å². The molecule has 0 unspecified atom stereocenters. The van der Waals surface area contributed by atoms with Crippen molar-refractivity contribution in [3.63, 3.8) is 0 Å². The SMILES string of the molecule is CO[C@@H](CNC(=O)CC[C@H]1CCCO1)c1cccc(Cl)c1. The summed E-state index contributed by atoms with van der Waals surface area (Å²) < 4.78 is 10.9. The van der Waals surface area contributed by atoms with Crippen molar-refractivity contribution in [2.75, 3.05) is 20.3 Å². The third-order valence-electron chi connectivity index (χ3n) is 3.71. The lowest BCUT2D eigenvalue weighted by atomic mass is 10.1. The molecule has 1 saturated heterocycles. The number of ether oxygens (including phenoxy) is 2. The molecule has 1 aliphatic heterocycles. The van der Waals surface area contributed by atoms with Gasteiger partial charge in [-0.05, 0) is 37.0 Å². The fourth-order valence-electron chi connectivity index (χ4n) is 2.50. The zero-order valence-corrected chi connectivity index (χ0v) is 13.1. The van der Waals surface area contributed by atoms with Gasteiger partial charge in [0.2, 0.25) is 5.91 Å². The van der Waals surface area contributed by atoms with Crippen LogP contribution in [0, 0.1) is 0 Å². The highest BCUT2D eigenvalue weighted by molar-refractivity contribution is 6.30. The molecule has 4 nitrogen and oxygen atoms in total. The van der Waals surface area contributed by atoms with E-state index in [4.69, 9.17) is 21.1 Å². The second kappa shape index (κ2) is 8.37. The van der Waals surface area contributed by atoms with Gasteiger partial charge in [-0.1, -0.05) is 23.7 Å². The lowest BCUT2D eigenvalue weighted by Crippen LogP contribution is -2.29. The van der Waals surface area contributed by atoms with Crippen LogP contribution in [0.5, 0.6) is 0 Å². The Morgan fingerprint density at radius 3 is 3.10 bits per heavy atom. The lowest BCUT2D eigenvalue weighted by molar-refractivity contribution is -0.122. The number of nitrogens with one attached hydrogen (secondary N) is 1. The molecule has 1 fully saturated rings. The first-order valence-electron chi connectivity index (χ1n) is 7.35. The van der Waals surface area contributed by atoms with E-state index in [1.54, 1.807) is 7.11 Å². The molecule has 1 N–H and O–H groups in total. The molecule has 0 radical (unpaired) electrons. The van der Waals surface area contributed by atoms with Crippen LogP contribution in [0.4, 0.5) is 0 Å². The number of hydrogen-bond acceptors (Lipinski definition) is 3. The number of halogens is 1. The normalized spacial score (nSPS) is 19.4. The fraction of sp³-hybridized carbons (Fsp3) is 0.562. The van der Waals surface area contributed by atoms with E-state index in [1.807, 2.05) is 24.3 Å². The van der Waals surface area contributed by atoms with Gasteiger partial charge in [-0.25, -0.2) is 0 Å². The van der Waals surface area contributed by atoms with Crippen LogP contribution in [0.1, 0.15) is 37.4 Å². The third-order valence-corrected chi connectivity index (χ3v) is 3.94. The summed E-state index contributed by atoms with van der Waals surface area (Å²) in [4.78, 5) is 11.9. The zero-order valence-electron chi connectivity index (χ0n) is 12.3. The van der Waals surface area contributed by atoms with Crippen molar-refractivity contribution < 1.29 is 14.3 Å². The van der Waals surface area contributed by atoms with Crippen molar-refractivity contribution in [3.8, 4) is 0 Å². The fourth-order valence-corrected chi connectivity index (χ4v) is 2.70. The average Bonchev–Trinajstić information content (AvgIpc) is 2.99. The highest BCUT2D eigenvalue weighted by atomic mass is 35.5. The number of hydrogen-bond donors (Lipinski definition) is 1. The number of rotatable bonds is 7. The Morgan fingerprint density at radius 1 is 1.57 bits per heavy atom. The van der Waals surface area contributed by atoms with Gasteiger partial charge >= 0.3 is 0 Å². The summed E-state index contributed by atoms with van der Waals surface area (Å²) in [5.74, 6) is 0.0366. The summed E-state index contributed by atoms with van der Waals surface area (Å²) in [5, 5.41) is 3.58. The van der Waals surface area contributed by atoms with Gasteiger partial charge in [0.1, 0.15) is 0 Å². The van der Waals surface area contributed by atoms with Crippen molar-refractivity contribution in [1.82, 2.24) is 5.32 Å². The standard InChI is InChI=1S/C16H22ClNO3/c1-20-15(12-4-2-5-13(17)10-12)11-18-16(19)8-7-14-6-3-9-21-14/h2,4-5,10,14-15H,3,6-9,11H2,1H3,(H,18,19)/t14-,15+/m1/s1. The molecule has 0 aliphatic carbocycles. The van der Waals surface area contributed by atoms with Crippen molar-refractivity contribution in [3.05, 3.63) is 34.9 Å². The molecule has 5 heteroatoms. The van der Waals surface area contributed by atoms with E-state index in [0.717, 1.165) is 31.4 Å². The van der Waals surface area contributed by atoms with Crippen molar-refractivity contribution >= 4 is 17.5 Å². The predicted molar refractivity (Wildman–Crippen MR) is 82.4 cm³/mol. The maximum absolute atomic E-state index is 11.9. The van der Waals surface area contributed by atoms with Crippen LogP contribution < -0.4 is 5.32 Å². The van der Waals surface area contributed by atoms with Crippen LogP contribution in [0.25, 0.3) is 0 Å². The number of amides is 1. The molecule has 1 aromatic carbocycles. The minimum atomic E-state index is -0.185. The number of methoxy groups -OCH3 is 1. The maximum atomic E-state index is 11.9. The van der Waals surface area contributed by atoms with Crippen LogP contribution in [-0.2, 0) is 14.3 Å². The van der Waals surface area contributed by atoms with Crippen molar-refractivity contribution in [2.24, 2.45) is 0 Å². The molecule has 0 bridgehead atoms. The Labute approximate surface area is 130 Å². The molecule has 0 spiro atoms. The quantitative estimate of drug-likeness (QED) is 0.841. The summed E-state index contributed by atoms with van der Waals surface area (Å²) in [6, 6.07) is 7.49. The minimum Gasteiger partial charge on any atom is -0.378 e. The highest BCUT2D eigenvalue weighted by Crippen LogP contribution is 2.20. The first-order valence-corrected chi connectivity index (χ1v) is 7.73. The Bertz CT molecular complexity index is 461. The van der Waals surface area contributed by atoms with Crippen LogP contribution in [0.15, 0.2) is 24.3 Å². The first kappa shape index (κ1) is 16.3. The molecule has 2 atom stereocenters.